The summed E-state index contributed by atoms with van der Waals surface area (Å²) >= 11 is 0. The highest BCUT2D eigenvalue weighted by molar-refractivity contribution is 5.71. The van der Waals surface area contributed by atoms with E-state index in [-0.39, 0.29) is 11.4 Å². The summed E-state index contributed by atoms with van der Waals surface area (Å²) in [6.45, 7) is 9.40. The van der Waals surface area contributed by atoms with Crippen LogP contribution in [-0.4, -0.2) is 35.0 Å². The van der Waals surface area contributed by atoms with Crippen molar-refractivity contribution in [2.24, 2.45) is 0 Å². The quantitative estimate of drug-likeness (QED) is 0.749. The highest BCUT2D eigenvalue weighted by atomic mass is 16.5. The number of carbonyl (C=O) groups excluding carboxylic acids is 1. The molecule has 1 aliphatic carbocycles. The van der Waals surface area contributed by atoms with Crippen molar-refractivity contribution in [3.8, 4) is 0 Å². The maximum atomic E-state index is 11.6. The predicted octanol–water partition coefficient (Wildman–Crippen LogP) is 2.50. The number of oxazole rings is 1. The van der Waals surface area contributed by atoms with E-state index in [1.165, 1.54) is 0 Å². The summed E-state index contributed by atoms with van der Waals surface area (Å²) in [5.41, 5.74) is -0.0448. The molecule has 1 aromatic heterocycles. The van der Waals surface area contributed by atoms with Crippen LogP contribution in [0.1, 0.15) is 52.2 Å². The molecule has 5 nitrogen and oxygen atoms in total. The van der Waals surface area contributed by atoms with Crippen molar-refractivity contribution in [2.45, 2.75) is 58.5 Å². The second-order valence-corrected chi connectivity index (χ2v) is 6.31. The van der Waals surface area contributed by atoms with Crippen molar-refractivity contribution in [3.63, 3.8) is 0 Å². The highest BCUT2D eigenvalue weighted by Gasteiger charge is 2.32. The van der Waals surface area contributed by atoms with Crippen LogP contribution in [0.4, 0.5) is 0 Å². The molecule has 112 valence electrons. The van der Waals surface area contributed by atoms with Crippen molar-refractivity contribution in [3.05, 3.63) is 17.8 Å². The van der Waals surface area contributed by atoms with Crippen LogP contribution in [-0.2, 0) is 21.5 Å². The first kappa shape index (κ1) is 15.0. The lowest BCUT2D eigenvalue weighted by atomic mass is 9.94. The lowest BCUT2D eigenvalue weighted by molar-refractivity contribution is -0.144. The van der Waals surface area contributed by atoms with Gasteiger partial charge in [-0.25, -0.2) is 4.98 Å². The van der Waals surface area contributed by atoms with Crippen LogP contribution in [0.25, 0.3) is 0 Å². The maximum Gasteiger partial charge on any atom is 0.320 e. The van der Waals surface area contributed by atoms with Gasteiger partial charge in [-0.1, -0.05) is 20.8 Å². The molecule has 1 heterocycles. The third-order valence-electron chi connectivity index (χ3n) is 3.33. The summed E-state index contributed by atoms with van der Waals surface area (Å²) < 4.78 is 10.8. The van der Waals surface area contributed by atoms with Crippen LogP contribution in [0, 0.1) is 0 Å². The number of esters is 1. The van der Waals surface area contributed by atoms with Crippen LogP contribution in [0.3, 0.4) is 0 Å². The van der Waals surface area contributed by atoms with Crippen molar-refractivity contribution < 1.29 is 13.9 Å². The van der Waals surface area contributed by atoms with E-state index in [4.69, 9.17) is 9.15 Å². The molecule has 1 aromatic rings. The van der Waals surface area contributed by atoms with Crippen LogP contribution in [0.15, 0.2) is 10.6 Å². The third-order valence-corrected chi connectivity index (χ3v) is 3.33. The van der Waals surface area contributed by atoms with E-state index >= 15 is 0 Å². The van der Waals surface area contributed by atoms with Gasteiger partial charge in [-0.15, -0.1) is 0 Å². The first-order chi connectivity index (χ1) is 9.40. The third kappa shape index (κ3) is 4.07. The Balaban J connectivity index is 1.98. The lowest BCUT2D eigenvalue weighted by Gasteiger charge is -2.19. The number of ether oxygens (including phenoxy) is 1. The van der Waals surface area contributed by atoms with Gasteiger partial charge >= 0.3 is 5.97 Å². The topological polar surface area (TPSA) is 55.6 Å². The zero-order valence-corrected chi connectivity index (χ0v) is 12.8. The van der Waals surface area contributed by atoms with E-state index < -0.39 is 0 Å². The minimum absolute atomic E-state index is 0.0448. The molecule has 1 aliphatic rings. The average molecular weight is 280 g/mol. The first-order valence-electron chi connectivity index (χ1n) is 7.25. The standard InChI is InChI=1S/C15H24N2O3/c1-5-19-14(18)10-17(11-6-7-11)9-13-16-8-12(20-13)15(2,3)4/h8,11H,5-7,9-10H2,1-4H3. The van der Waals surface area contributed by atoms with Crippen molar-refractivity contribution in [2.75, 3.05) is 13.2 Å². The normalized spacial score (nSPS) is 15.7. The summed E-state index contributed by atoms with van der Waals surface area (Å²) in [6, 6.07) is 0.462. The first-order valence-corrected chi connectivity index (χ1v) is 7.25. The minimum Gasteiger partial charge on any atom is -0.465 e. The maximum absolute atomic E-state index is 11.6. The molecule has 0 atom stereocenters. The van der Waals surface area contributed by atoms with Gasteiger partial charge in [0.1, 0.15) is 5.76 Å². The van der Waals surface area contributed by atoms with Crippen molar-refractivity contribution in [1.82, 2.24) is 9.88 Å². The Labute approximate surface area is 120 Å². The highest BCUT2D eigenvalue weighted by Crippen LogP contribution is 2.29. The molecule has 2 rings (SSSR count). The Morgan fingerprint density at radius 2 is 2.20 bits per heavy atom. The van der Waals surface area contributed by atoms with E-state index in [1.54, 1.807) is 6.20 Å². The molecular weight excluding hydrogens is 256 g/mol. The Morgan fingerprint density at radius 1 is 1.50 bits per heavy atom. The molecule has 1 saturated carbocycles. The van der Waals surface area contributed by atoms with E-state index in [0.29, 0.717) is 31.6 Å². The predicted molar refractivity (Wildman–Crippen MR) is 75.3 cm³/mol. The summed E-state index contributed by atoms with van der Waals surface area (Å²) in [5, 5.41) is 0. The van der Waals surface area contributed by atoms with Gasteiger partial charge in [0.2, 0.25) is 5.89 Å². The molecule has 0 saturated heterocycles. The van der Waals surface area contributed by atoms with Crippen LogP contribution in [0.5, 0.6) is 0 Å². The van der Waals surface area contributed by atoms with Crippen LogP contribution < -0.4 is 0 Å². The second kappa shape index (κ2) is 5.95. The van der Waals surface area contributed by atoms with Gasteiger partial charge in [-0.3, -0.25) is 9.69 Å². The zero-order valence-electron chi connectivity index (χ0n) is 12.8. The number of hydrogen-bond donors (Lipinski definition) is 0. The molecule has 5 heteroatoms. The average Bonchev–Trinajstić information content (AvgIpc) is 3.07. The van der Waals surface area contributed by atoms with Gasteiger partial charge in [-0.05, 0) is 19.8 Å². The van der Waals surface area contributed by atoms with Gasteiger partial charge in [-0.2, -0.15) is 0 Å². The Hall–Kier alpha value is -1.36. The Bertz CT molecular complexity index is 458. The molecular formula is C15H24N2O3. The summed E-state index contributed by atoms with van der Waals surface area (Å²) in [6.07, 6.45) is 4.04. The van der Waals surface area contributed by atoms with Crippen molar-refractivity contribution in [1.29, 1.82) is 0 Å². The molecule has 0 spiro atoms. The van der Waals surface area contributed by atoms with Crippen LogP contribution in [0.2, 0.25) is 0 Å². The molecule has 20 heavy (non-hydrogen) atoms. The molecule has 0 unspecified atom stereocenters. The Morgan fingerprint density at radius 3 is 2.70 bits per heavy atom. The summed E-state index contributed by atoms with van der Waals surface area (Å²) in [5.74, 6) is 1.37. The smallest absolute Gasteiger partial charge is 0.320 e. The molecule has 0 amide bonds. The van der Waals surface area contributed by atoms with Gasteiger partial charge in [0.05, 0.1) is 25.9 Å². The van der Waals surface area contributed by atoms with E-state index in [2.05, 4.69) is 30.7 Å². The molecule has 1 fully saturated rings. The number of nitrogens with zero attached hydrogens (tertiary/aromatic N) is 2. The fourth-order valence-electron chi connectivity index (χ4n) is 2.03. The molecule has 0 N–H and O–H groups in total. The van der Waals surface area contributed by atoms with E-state index in [1.807, 2.05) is 6.92 Å². The van der Waals surface area contributed by atoms with Gasteiger partial charge < -0.3 is 9.15 Å². The van der Waals surface area contributed by atoms with E-state index in [9.17, 15) is 4.79 Å². The lowest BCUT2D eigenvalue weighted by Crippen LogP contribution is -2.32. The molecule has 0 aliphatic heterocycles. The van der Waals surface area contributed by atoms with Crippen LogP contribution >= 0.6 is 0 Å². The van der Waals surface area contributed by atoms with Crippen molar-refractivity contribution >= 4 is 5.97 Å². The second-order valence-electron chi connectivity index (χ2n) is 6.31. The number of rotatable bonds is 6. The molecule has 0 radical (unpaired) electrons. The van der Waals surface area contributed by atoms with E-state index in [0.717, 1.165) is 18.6 Å². The largest absolute Gasteiger partial charge is 0.465 e. The number of hydrogen-bond acceptors (Lipinski definition) is 5. The van der Waals surface area contributed by atoms with Gasteiger partial charge in [0, 0.05) is 11.5 Å². The zero-order chi connectivity index (χ0) is 14.8. The SMILES string of the molecule is CCOC(=O)CN(Cc1ncc(C(C)(C)C)o1)C1CC1. The fourth-order valence-corrected chi connectivity index (χ4v) is 2.03. The Kier molecular flexibility index (Phi) is 4.48. The number of carbonyl (C=O) groups is 1. The molecule has 0 aromatic carbocycles. The molecule has 0 bridgehead atoms. The summed E-state index contributed by atoms with van der Waals surface area (Å²) in [4.78, 5) is 18.0. The monoisotopic (exact) mass is 280 g/mol. The van der Waals surface area contributed by atoms with Gasteiger partial charge in [0.15, 0.2) is 0 Å². The van der Waals surface area contributed by atoms with Gasteiger partial charge in [0.25, 0.3) is 0 Å². The summed E-state index contributed by atoms with van der Waals surface area (Å²) in [7, 11) is 0. The fraction of sp³-hybridized carbons (Fsp3) is 0.733. The minimum atomic E-state index is -0.179. The number of aromatic nitrogens is 1.